The van der Waals surface area contributed by atoms with Crippen LogP contribution in [0.4, 0.5) is 5.82 Å². The van der Waals surface area contributed by atoms with Gasteiger partial charge in [0.15, 0.2) is 5.82 Å². The molecule has 0 N–H and O–H groups in total. The Morgan fingerprint density at radius 2 is 1.83 bits per heavy atom. The number of aromatic nitrogens is 7. The van der Waals surface area contributed by atoms with Gasteiger partial charge in [0.1, 0.15) is 18.5 Å². The van der Waals surface area contributed by atoms with E-state index in [1.54, 1.807) is 34.2 Å². The number of nitrogens with zero attached hydrogens (tertiary/aromatic N) is 8. The summed E-state index contributed by atoms with van der Waals surface area (Å²) in [6.07, 6.45) is 8.48. The van der Waals surface area contributed by atoms with Crippen LogP contribution in [0.15, 0.2) is 42.0 Å². The van der Waals surface area contributed by atoms with E-state index >= 15 is 0 Å². The lowest BCUT2D eigenvalue weighted by Crippen LogP contribution is -2.37. The molecule has 0 atom stereocenters. The number of piperidine rings is 1. The van der Waals surface area contributed by atoms with Gasteiger partial charge in [0.25, 0.3) is 5.56 Å². The highest BCUT2D eigenvalue weighted by molar-refractivity contribution is 5.39. The van der Waals surface area contributed by atoms with E-state index in [0.29, 0.717) is 18.3 Å². The van der Waals surface area contributed by atoms with Crippen molar-refractivity contribution in [2.24, 2.45) is 5.92 Å². The predicted molar refractivity (Wildman–Crippen MR) is 109 cm³/mol. The molecule has 1 fully saturated rings. The Hall–Kier alpha value is -3.10. The van der Waals surface area contributed by atoms with Crippen LogP contribution in [-0.4, -0.2) is 47.6 Å². The zero-order valence-corrected chi connectivity index (χ0v) is 17.1. The fourth-order valence-electron chi connectivity index (χ4n) is 3.50. The van der Waals surface area contributed by atoms with Crippen molar-refractivity contribution in [1.29, 1.82) is 0 Å². The summed E-state index contributed by atoms with van der Waals surface area (Å²) in [5, 5.41) is 8.72. The van der Waals surface area contributed by atoms with Crippen molar-refractivity contribution in [3.05, 3.63) is 53.2 Å². The maximum absolute atomic E-state index is 12.3. The van der Waals surface area contributed by atoms with Crippen molar-refractivity contribution < 1.29 is 0 Å². The maximum atomic E-state index is 12.3. The van der Waals surface area contributed by atoms with Gasteiger partial charge in [0.2, 0.25) is 0 Å². The van der Waals surface area contributed by atoms with Crippen molar-refractivity contribution in [2.75, 3.05) is 18.0 Å². The first-order valence-electron chi connectivity index (χ1n) is 9.91. The molecule has 3 aromatic heterocycles. The quantitative estimate of drug-likeness (QED) is 0.666. The van der Waals surface area contributed by atoms with Crippen molar-refractivity contribution in [1.82, 2.24) is 34.5 Å². The summed E-state index contributed by atoms with van der Waals surface area (Å²) in [6, 6.07) is 3.47. The Labute approximate surface area is 169 Å². The molecule has 29 heavy (non-hydrogen) atoms. The van der Waals surface area contributed by atoms with Crippen LogP contribution in [0.3, 0.4) is 0 Å². The zero-order valence-electron chi connectivity index (χ0n) is 17.1. The summed E-state index contributed by atoms with van der Waals surface area (Å²) in [4.78, 5) is 27.4. The molecule has 9 heteroatoms. The molecule has 0 unspecified atom stereocenters. The highest BCUT2D eigenvalue weighted by Gasteiger charge is 2.23. The van der Waals surface area contributed by atoms with Gasteiger partial charge in [-0.3, -0.25) is 9.78 Å². The van der Waals surface area contributed by atoms with Gasteiger partial charge < -0.3 is 4.90 Å². The molecule has 4 heterocycles. The van der Waals surface area contributed by atoms with Crippen LogP contribution in [0.1, 0.15) is 39.3 Å². The second-order valence-corrected chi connectivity index (χ2v) is 8.49. The van der Waals surface area contributed by atoms with Gasteiger partial charge in [-0.25, -0.2) is 19.3 Å². The number of rotatable bonds is 4. The van der Waals surface area contributed by atoms with Crippen molar-refractivity contribution in [2.45, 2.75) is 45.6 Å². The molecule has 1 aliphatic rings. The van der Waals surface area contributed by atoms with Gasteiger partial charge in [0.05, 0.1) is 18.1 Å². The van der Waals surface area contributed by atoms with E-state index in [0.717, 1.165) is 37.4 Å². The molecule has 4 rings (SSSR count). The standard InChI is InChI=1S/C20H26N8O/c1-20(2,3)16-4-5-19(29)27(25-16)12-15-6-8-26(9-7-15)17-10-21-11-18(24-17)28-14-22-13-23-28/h4-5,10-11,13-15H,6-9,12H2,1-3H3. The summed E-state index contributed by atoms with van der Waals surface area (Å²) < 4.78 is 3.23. The molecule has 0 amide bonds. The average Bonchev–Trinajstić information content (AvgIpc) is 3.24. The average molecular weight is 394 g/mol. The van der Waals surface area contributed by atoms with Crippen LogP contribution < -0.4 is 10.5 Å². The van der Waals surface area contributed by atoms with Crippen LogP contribution in [0.25, 0.3) is 5.82 Å². The zero-order chi connectivity index (χ0) is 20.4. The topological polar surface area (TPSA) is 94.6 Å². The van der Waals surface area contributed by atoms with E-state index < -0.39 is 0 Å². The summed E-state index contributed by atoms with van der Waals surface area (Å²) in [5.74, 6) is 1.90. The van der Waals surface area contributed by atoms with E-state index in [1.165, 1.54) is 6.33 Å². The maximum Gasteiger partial charge on any atom is 0.266 e. The third-order valence-corrected chi connectivity index (χ3v) is 5.27. The van der Waals surface area contributed by atoms with Crippen molar-refractivity contribution in [3.8, 4) is 5.82 Å². The van der Waals surface area contributed by atoms with Crippen LogP contribution in [0, 0.1) is 5.92 Å². The van der Waals surface area contributed by atoms with E-state index in [9.17, 15) is 4.79 Å². The van der Waals surface area contributed by atoms with Crippen LogP contribution in [0.2, 0.25) is 0 Å². The molecular weight excluding hydrogens is 368 g/mol. The molecule has 3 aromatic rings. The Bertz CT molecular complexity index is 1010. The molecule has 1 aliphatic heterocycles. The minimum atomic E-state index is -0.0768. The Balaban J connectivity index is 1.42. The van der Waals surface area contributed by atoms with Crippen molar-refractivity contribution in [3.63, 3.8) is 0 Å². The smallest absolute Gasteiger partial charge is 0.266 e. The number of anilines is 1. The fraction of sp³-hybridized carbons (Fsp3) is 0.500. The molecule has 0 aromatic carbocycles. The molecule has 0 saturated carbocycles. The summed E-state index contributed by atoms with van der Waals surface area (Å²) in [5.41, 5.74) is 0.827. The molecule has 0 aliphatic carbocycles. The van der Waals surface area contributed by atoms with Crippen LogP contribution in [0.5, 0.6) is 0 Å². The Morgan fingerprint density at radius 3 is 2.52 bits per heavy atom. The number of hydrogen-bond acceptors (Lipinski definition) is 7. The molecule has 0 spiro atoms. The lowest BCUT2D eigenvalue weighted by atomic mass is 9.92. The van der Waals surface area contributed by atoms with E-state index in [4.69, 9.17) is 0 Å². The summed E-state index contributed by atoms with van der Waals surface area (Å²) in [6.45, 7) is 8.72. The molecule has 0 radical (unpaired) electrons. The first-order valence-corrected chi connectivity index (χ1v) is 9.91. The molecule has 152 valence electrons. The molecule has 1 saturated heterocycles. The largest absolute Gasteiger partial charge is 0.355 e. The van der Waals surface area contributed by atoms with E-state index in [1.807, 2.05) is 6.07 Å². The Morgan fingerprint density at radius 1 is 1.07 bits per heavy atom. The highest BCUT2D eigenvalue weighted by atomic mass is 16.1. The monoisotopic (exact) mass is 394 g/mol. The molecular formula is C20H26N8O. The van der Waals surface area contributed by atoms with Gasteiger partial charge in [-0.1, -0.05) is 20.8 Å². The van der Waals surface area contributed by atoms with Gasteiger partial charge in [-0.15, -0.1) is 0 Å². The summed E-state index contributed by atoms with van der Waals surface area (Å²) in [7, 11) is 0. The van der Waals surface area contributed by atoms with Gasteiger partial charge >= 0.3 is 0 Å². The van der Waals surface area contributed by atoms with E-state index in [2.05, 4.69) is 50.8 Å². The molecule has 0 bridgehead atoms. The highest BCUT2D eigenvalue weighted by Crippen LogP contribution is 2.23. The van der Waals surface area contributed by atoms with Crippen molar-refractivity contribution >= 4 is 5.82 Å². The minimum Gasteiger partial charge on any atom is -0.355 e. The SMILES string of the molecule is CC(C)(C)c1ccc(=O)n(CC2CCN(c3cncc(-n4cncn4)n3)CC2)n1. The third kappa shape index (κ3) is 4.33. The lowest BCUT2D eigenvalue weighted by molar-refractivity contribution is 0.329. The second-order valence-electron chi connectivity index (χ2n) is 8.49. The lowest BCUT2D eigenvalue weighted by Gasteiger charge is -2.32. The Kier molecular flexibility index (Phi) is 5.12. The van der Waals surface area contributed by atoms with Crippen LogP contribution in [-0.2, 0) is 12.0 Å². The van der Waals surface area contributed by atoms with Gasteiger partial charge in [-0.2, -0.15) is 10.2 Å². The second kappa shape index (κ2) is 7.73. The van der Waals surface area contributed by atoms with E-state index in [-0.39, 0.29) is 11.0 Å². The minimum absolute atomic E-state index is 0.0353. The fourth-order valence-corrected chi connectivity index (χ4v) is 3.50. The van der Waals surface area contributed by atoms with Crippen LogP contribution >= 0.6 is 0 Å². The van der Waals surface area contributed by atoms with Gasteiger partial charge in [-0.05, 0) is 24.8 Å². The summed E-state index contributed by atoms with van der Waals surface area (Å²) >= 11 is 0. The first-order chi connectivity index (χ1) is 13.9. The number of hydrogen-bond donors (Lipinski definition) is 0. The normalized spacial score (nSPS) is 15.6. The van der Waals surface area contributed by atoms with Gasteiger partial charge in [0, 0.05) is 31.1 Å². The third-order valence-electron chi connectivity index (χ3n) is 5.27. The first kappa shape index (κ1) is 19.2. The predicted octanol–water partition coefficient (Wildman–Crippen LogP) is 1.83. The molecule has 9 nitrogen and oxygen atoms in total.